The molecule has 2 heterocycles. The molecule has 0 aliphatic heterocycles. The summed E-state index contributed by atoms with van der Waals surface area (Å²) >= 11 is 0. The molecule has 0 radical (unpaired) electrons. The summed E-state index contributed by atoms with van der Waals surface area (Å²) in [4.78, 5) is 22.1. The summed E-state index contributed by atoms with van der Waals surface area (Å²) in [6, 6.07) is 40.3. The Kier molecular flexibility index (Phi) is 7.71. The molecule has 0 spiro atoms. The average Bonchev–Trinajstić information content (AvgIpc) is 2.98. The fourth-order valence-electron chi connectivity index (χ4n) is 4.65. The van der Waals surface area contributed by atoms with E-state index < -0.39 is 0 Å². The van der Waals surface area contributed by atoms with E-state index >= 15 is 0 Å². The van der Waals surface area contributed by atoms with Gasteiger partial charge in [0.2, 0.25) is 11.0 Å². The Morgan fingerprint density at radius 1 is 0.526 bits per heavy atom. The highest BCUT2D eigenvalue weighted by molar-refractivity contribution is 5.93. The summed E-state index contributed by atoms with van der Waals surface area (Å²) in [6.07, 6.45) is 5.87. The molecular formula is C34H28N2O2+2. The van der Waals surface area contributed by atoms with Crippen molar-refractivity contribution < 1.29 is 18.7 Å². The Morgan fingerprint density at radius 3 is 1.79 bits per heavy atom. The van der Waals surface area contributed by atoms with Gasteiger partial charge in [0.1, 0.15) is 6.29 Å². The molecule has 0 atom stereocenters. The number of carbonyl (C=O) groups is 2. The molecule has 0 fully saturated rings. The van der Waals surface area contributed by atoms with Crippen molar-refractivity contribution in [3.63, 3.8) is 0 Å². The van der Waals surface area contributed by atoms with Gasteiger partial charge in [0, 0.05) is 45.7 Å². The van der Waals surface area contributed by atoms with Gasteiger partial charge in [0.05, 0.1) is 5.56 Å². The summed E-state index contributed by atoms with van der Waals surface area (Å²) in [5.41, 5.74) is 5.98. The first-order chi connectivity index (χ1) is 18.7. The lowest BCUT2D eigenvalue weighted by Gasteiger charge is -2.03. The first kappa shape index (κ1) is 24.7. The monoisotopic (exact) mass is 496 g/mol. The molecule has 184 valence electrons. The van der Waals surface area contributed by atoms with Gasteiger partial charge in [-0.1, -0.05) is 72.8 Å². The van der Waals surface area contributed by atoms with Crippen LogP contribution in [0.25, 0.3) is 21.8 Å². The number of aromatic nitrogens is 2. The zero-order valence-corrected chi connectivity index (χ0v) is 21.0. The number of para-hydroxylation sites is 1. The third kappa shape index (κ3) is 5.71. The molecule has 6 rings (SSSR count). The maximum atomic E-state index is 11.2. The van der Waals surface area contributed by atoms with E-state index in [1.807, 2.05) is 103 Å². The van der Waals surface area contributed by atoms with Gasteiger partial charge in [-0.15, -0.1) is 0 Å². The van der Waals surface area contributed by atoms with Crippen molar-refractivity contribution in [2.75, 3.05) is 0 Å². The van der Waals surface area contributed by atoms with Crippen LogP contribution in [-0.4, -0.2) is 12.6 Å². The van der Waals surface area contributed by atoms with E-state index in [2.05, 4.69) is 39.5 Å². The summed E-state index contributed by atoms with van der Waals surface area (Å²) in [5.74, 6) is 0. The number of nitrogens with zero attached hydrogens (tertiary/aromatic N) is 2. The van der Waals surface area contributed by atoms with Gasteiger partial charge in [-0.05, 0) is 30.3 Å². The third-order valence-corrected chi connectivity index (χ3v) is 6.49. The lowest BCUT2D eigenvalue weighted by Crippen LogP contribution is -2.35. The fourth-order valence-corrected chi connectivity index (χ4v) is 4.65. The lowest BCUT2D eigenvalue weighted by molar-refractivity contribution is -0.662. The molecule has 2 aromatic heterocycles. The van der Waals surface area contributed by atoms with E-state index in [0.29, 0.717) is 5.56 Å². The number of rotatable bonds is 6. The SMILES string of the molecule is O=Cc1ccc2ccc[n+](Cc3ccccc3)c2c1.O=Cc1cccc2ccc[n+](Cc3ccccc3)c12. The molecule has 0 bridgehead atoms. The van der Waals surface area contributed by atoms with Crippen LogP contribution < -0.4 is 9.13 Å². The first-order valence-corrected chi connectivity index (χ1v) is 12.6. The van der Waals surface area contributed by atoms with Crippen LogP contribution in [0, 0.1) is 0 Å². The molecule has 38 heavy (non-hydrogen) atoms. The zero-order valence-electron chi connectivity index (χ0n) is 21.0. The second-order valence-corrected chi connectivity index (χ2v) is 9.08. The van der Waals surface area contributed by atoms with E-state index in [0.717, 1.165) is 53.0 Å². The molecule has 0 saturated carbocycles. The fraction of sp³-hybridized carbons (Fsp3) is 0.0588. The molecular weight excluding hydrogens is 468 g/mol. The zero-order chi connectivity index (χ0) is 26.2. The molecule has 0 amide bonds. The van der Waals surface area contributed by atoms with Crippen LogP contribution in [0.4, 0.5) is 0 Å². The molecule has 0 unspecified atom stereocenters. The number of fused-ring (bicyclic) bond motifs is 2. The number of hydrogen-bond donors (Lipinski definition) is 0. The van der Waals surface area contributed by atoms with Crippen molar-refractivity contribution in [3.05, 3.63) is 156 Å². The van der Waals surface area contributed by atoms with Crippen LogP contribution in [0.2, 0.25) is 0 Å². The van der Waals surface area contributed by atoms with Crippen molar-refractivity contribution in [2.24, 2.45) is 0 Å². The Labute approximate surface area is 222 Å². The molecule has 4 heteroatoms. The third-order valence-electron chi connectivity index (χ3n) is 6.49. The Bertz CT molecular complexity index is 1690. The quantitative estimate of drug-likeness (QED) is 0.210. The molecule has 0 aliphatic rings. The maximum absolute atomic E-state index is 11.2. The largest absolute Gasteiger partial charge is 0.298 e. The highest BCUT2D eigenvalue weighted by Crippen LogP contribution is 2.14. The van der Waals surface area contributed by atoms with E-state index in [1.165, 1.54) is 11.1 Å². The lowest BCUT2D eigenvalue weighted by atomic mass is 10.1. The van der Waals surface area contributed by atoms with Crippen molar-refractivity contribution in [3.8, 4) is 0 Å². The minimum absolute atomic E-state index is 0.709. The molecule has 4 aromatic carbocycles. The average molecular weight is 497 g/mol. The van der Waals surface area contributed by atoms with Gasteiger partial charge in [0.25, 0.3) is 0 Å². The van der Waals surface area contributed by atoms with Crippen LogP contribution in [0.15, 0.2) is 134 Å². The van der Waals surface area contributed by atoms with Crippen molar-refractivity contribution in [1.82, 2.24) is 0 Å². The highest BCUT2D eigenvalue weighted by atomic mass is 16.1. The number of carbonyl (C=O) groups excluding carboxylic acids is 2. The van der Waals surface area contributed by atoms with Crippen molar-refractivity contribution >= 4 is 34.4 Å². The highest BCUT2D eigenvalue weighted by Gasteiger charge is 2.13. The normalized spacial score (nSPS) is 10.5. The van der Waals surface area contributed by atoms with Gasteiger partial charge < -0.3 is 0 Å². The van der Waals surface area contributed by atoms with E-state index in [-0.39, 0.29) is 0 Å². The Hall–Kier alpha value is -4.96. The molecule has 0 aliphatic carbocycles. The summed E-state index contributed by atoms with van der Waals surface area (Å²) < 4.78 is 4.28. The van der Waals surface area contributed by atoms with E-state index in [9.17, 15) is 9.59 Å². The second kappa shape index (κ2) is 11.8. The van der Waals surface area contributed by atoms with Gasteiger partial charge >= 0.3 is 0 Å². The van der Waals surface area contributed by atoms with Gasteiger partial charge in [0.15, 0.2) is 31.8 Å². The van der Waals surface area contributed by atoms with Gasteiger partial charge in [-0.25, -0.2) is 0 Å². The van der Waals surface area contributed by atoms with Crippen LogP contribution in [-0.2, 0) is 13.1 Å². The van der Waals surface area contributed by atoms with Crippen molar-refractivity contribution in [1.29, 1.82) is 0 Å². The predicted molar refractivity (Wildman–Crippen MR) is 150 cm³/mol. The van der Waals surface area contributed by atoms with Gasteiger partial charge in [-0.2, -0.15) is 9.13 Å². The second-order valence-electron chi connectivity index (χ2n) is 9.08. The van der Waals surface area contributed by atoms with Crippen LogP contribution >= 0.6 is 0 Å². The number of aldehydes is 2. The van der Waals surface area contributed by atoms with E-state index in [1.54, 1.807) is 0 Å². The van der Waals surface area contributed by atoms with Crippen molar-refractivity contribution in [2.45, 2.75) is 13.1 Å². The first-order valence-electron chi connectivity index (χ1n) is 12.6. The van der Waals surface area contributed by atoms with Crippen LogP contribution in [0.1, 0.15) is 31.8 Å². The number of benzene rings is 4. The molecule has 0 saturated heterocycles. The number of hydrogen-bond acceptors (Lipinski definition) is 2. The Balaban J connectivity index is 0.000000155. The topological polar surface area (TPSA) is 41.9 Å². The van der Waals surface area contributed by atoms with Crippen LogP contribution in [0.5, 0.6) is 0 Å². The standard InChI is InChI=1S/2C17H14NO/c19-13-16-9-4-8-15-10-5-11-18(17(15)16)12-14-6-2-1-3-7-14;19-13-15-8-9-16-7-4-10-18(17(16)11-15)12-14-5-2-1-3-6-14/h2*1-11,13H,12H2/q2*+1. The maximum Gasteiger partial charge on any atom is 0.223 e. The minimum Gasteiger partial charge on any atom is -0.298 e. The van der Waals surface area contributed by atoms with Gasteiger partial charge in [-0.3, -0.25) is 9.59 Å². The smallest absolute Gasteiger partial charge is 0.223 e. The summed E-state index contributed by atoms with van der Waals surface area (Å²) in [5, 5.41) is 2.23. The summed E-state index contributed by atoms with van der Waals surface area (Å²) in [7, 11) is 0. The minimum atomic E-state index is 0.709. The molecule has 4 nitrogen and oxygen atoms in total. The van der Waals surface area contributed by atoms with Crippen LogP contribution in [0.3, 0.4) is 0 Å². The van der Waals surface area contributed by atoms with E-state index in [4.69, 9.17) is 0 Å². The molecule has 6 aromatic rings. The molecule has 0 N–H and O–H groups in total. The number of pyridine rings is 2. The predicted octanol–water partition coefficient (Wildman–Crippen LogP) is 5.98. The summed E-state index contributed by atoms with van der Waals surface area (Å²) in [6.45, 7) is 1.57. The Morgan fingerprint density at radius 2 is 1.13 bits per heavy atom.